The summed E-state index contributed by atoms with van der Waals surface area (Å²) < 4.78 is 0. The first-order valence-corrected chi connectivity index (χ1v) is 7.10. The molecule has 19 heavy (non-hydrogen) atoms. The van der Waals surface area contributed by atoms with E-state index in [1.54, 1.807) is 0 Å². The van der Waals surface area contributed by atoms with Crippen molar-refractivity contribution in [3.63, 3.8) is 0 Å². The Kier molecular flexibility index (Phi) is 4.71. The zero-order valence-electron chi connectivity index (χ0n) is 11.9. The Balaban J connectivity index is 1.97. The van der Waals surface area contributed by atoms with Gasteiger partial charge in [0.15, 0.2) is 0 Å². The first-order chi connectivity index (χ1) is 9.11. The SMILES string of the molecule is CCNCc1cnc(N2CCCC(C)(O)CC2)nc1. The maximum absolute atomic E-state index is 10.1. The van der Waals surface area contributed by atoms with E-state index in [9.17, 15) is 5.11 Å². The number of nitrogens with zero attached hydrogens (tertiary/aromatic N) is 3. The lowest BCUT2D eigenvalue weighted by Gasteiger charge is -2.22. The molecule has 0 radical (unpaired) electrons. The number of rotatable bonds is 4. The van der Waals surface area contributed by atoms with Gasteiger partial charge in [-0.2, -0.15) is 0 Å². The lowest BCUT2D eigenvalue weighted by molar-refractivity contribution is 0.0481. The van der Waals surface area contributed by atoms with Gasteiger partial charge in [0, 0.05) is 37.6 Å². The molecule has 2 rings (SSSR count). The topological polar surface area (TPSA) is 61.3 Å². The second kappa shape index (κ2) is 6.30. The molecule has 1 atom stereocenters. The lowest BCUT2D eigenvalue weighted by Crippen LogP contribution is -2.29. The van der Waals surface area contributed by atoms with Crippen LogP contribution in [0.25, 0.3) is 0 Å². The fraction of sp³-hybridized carbons (Fsp3) is 0.714. The van der Waals surface area contributed by atoms with Crippen molar-refractivity contribution in [2.75, 3.05) is 24.5 Å². The highest BCUT2D eigenvalue weighted by Crippen LogP contribution is 2.23. The van der Waals surface area contributed by atoms with Crippen LogP contribution in [0.4, 0.5) is 5.95 Å². The predicted molar refractivity (Wildman–Crippen MR) is 76.1 cm³/mol. The quantitative estimate of drug-likeness (QED) is 0.859. The van der Waals surface area contributed by atoms with Crippen LogP contribution in [0.15, 0.2) is 12.4 Å². The van der Waals surface area contributed by atoms with Gasteiger partial charge in [-0.3, -0.25) is 0 Å². The van der Waals surface area contributed by atoms with Crippen LogP contribution in [0.5, 0.6) is 0 Å². The van der Waals surface area contributed by atoms with Gasteiger partial charge in [-0.1, -0.05) is 6.92 Å². The Hall–Kier alpha value is -1.20. The number of aliphatic hydroxyl groups is 1. The van der Waals surface area contributed by atoms with Crippen molar-refractivity contribution in [1.82, 2.24) is 15.3 Å². The fourth-order valence-electron chi connectivity index (χ4n) is 2.34. The van der Waals surface area contributed by atoms with Crippen molar-refractivity contribution >= 4 is 5.95 Å². The van der Waals surface area contributed by atoms with Crippen LogP contribution in [-0.4, -0.2) is 40.3 Å². The second-order valence-electron chi connectivity index (χ2n) is 5.51. The maximum Gasteiger partial charge on any atom is 0.225 e. The van der Waals surface area contributed by atoms with E-state index >= 15 is 0 Å². The summed E-state index contributed by atoms with van der Waals surface area (Å²) in [4.78, 5) is 11.0. The molecule has 0 aliphatic carbocycles. The molecule has 2 N–H and O–H groups in total. The third-order valence-corrected chi connectivity index (χ3v) is 3.62. The highest BCUT2D eigenvalue weighted by atomic mass is 16.3. The molecule has 1 fully saturated rings. The summed E-state index contributed by atoms with van der Waals surface area (Å²) in [7, 11) is 0. The molecule has 5 nitrogen and oxygen atoms in total. The summed E-state index contributed by atoms with van der Waals surface area (Å²) >= 11 is 0. The zero-order chi connectivity index (χ0) is 13.7. The van der Waals surface area contributed by atoms with Gasteiger partial charge in [-0.05, 0) is 32.7 Å². The van der Waals surface area contributed by atoms with Crippen LogP contribution < -0.4 is 10.2 Å². The first kappa shape index (κ1) is 14.2. The van der Waals surface area contributed by atoms with Crippen molar-refractivity contribution in [3.05, 3.63) is 18.0 Å². The van der Waals surface area contributed by atoms with E-state index in [0.29, 0.717) is 0 Å². The van der Waals surface area contributed by atoms with Crippen LogP contribution in [0.2, 0.25) is 0 Å². The number of hydrogen-bond donors (Lipinski definition) is 2. The Morgan fingerprint density at radius 3 is 2.74 bits per heavy atom. The van der Waals surface area contributed by atoms with Gasteiger partial charge in [0.2, 0.25) is 5.95 Å². The molecule has 0 amide bonds. The summed E-state index contributed by atoms with van der Waals surface area (Å²) in [6, 6.07) is 0. The molecule has 1 aliphatic heterocycles. The number of nitrogens with one attached hydrogen (secondary N) is 1. The zero-order valence-corrected chi connectivity index (χ0v) is 11.9. The van der Waals surface area contributed by atoms with Crippen LogP contribution in [0.3, 0.4) is 0 Å². The average Bonchev–Trinajstić information content (AvgIpc) is 2.58. The Bertz CT molecular complexity index is 391. The summed E-state index contributed by atoms with van der Waals surface area (Å²) in [5.74, 6) is 0.776. The van der Waals surface area contributed by atoms with Gasteiger partial charge in [-0.25, -0.2) is 9.97 Å². The highest BCUT2D eigenvalue weighted by molar-refractivity contribution is 5.30. The second-order valence-corrected chi connectivity index (χ2v) is 5.51. The van der Waals surface area contributed by atoms with Crippen molar-refractivity contribution in [2.45, 2.75) is 45.3 Å². The van der Waals surface area contributed by atoms with Gasteiger partial charge < -0.3 is 15.3 Å². The smallest absolute Gasteiger partial charge is 0.225 e. The van der Waals surface area contributed by atoms with Crippen LogP contribution in [0, 0.1) is 0 Å². The van der Waals surface area contributed by atoms with E-state index in [2.05, 4.69) is 27.1 Å². The van der Waals surface area contributed by atoms with E-state index in [-0.39, 0.29) is 0 Å². The fourth-order valence-corrected chi connectivity index (χ4v) is 2.34. The molecule has 0 bridgehead atoms. The van der Waals surface area contributed by atoms with Gasteiger partial charge in [0.25, 0.3) is 0 Å². The normalized spacial score (nSPS) is 24.3. The first-order valence-electron chi connectivity index (χ1n) is 7.10. The number of aromatic nitrogens is 2. The largest absolute Gasteiger partial charge is 0.390 e. The van der Waals surface area contributed by atoms with E-state index < -0.39 is 5.60 Å². The molecule has 1 saturated heterocycles. The van der Waals surface area contributed by atoms with Gasteiger partial charge in [-0.15, -0.1) is 0 Å². The predicted octanol–water partition coefficient (Wildman–Crippen LogP) is 1.33. The highest BCUT2D eigenvalue weighted by Gasteiger charge is 2.25. The monoisotopic (exact) mass is 264 g/mol. The lowest BCUT2D eigenvalue weighted by atomic mass is 9.98. The summed E-state index contributed by atoms with van der Waals surface area (Å²) in [5.41, 5.74) is 0.562. The molecular weight excluding hydrogens is 240 g/mol. The van der Waals surface area contributed by atoms with Crippen molar-refractivity contribution < 1.29 is 5.11 Å². The van der Waals surface area contributed by atoms with E-state index in [1.807, 2.05) is 19.3 Å². The standard InChI is InChI=1S/C14H24N4O/c1-3-15-9-12-10-16-13(17-11-12)18-7-4-5-14(2,19)6-8-18/h10-11,15,19H,3-9H2,1-2H3. The summed E-state index contributed by atoms with van der Waals surface area (Å²) in [6.07, 6.45) is 6.37. The summed E-state index contributed by atoms with van der Waals surface area (Å²) in [5, 5.41) is 13.3. The van der Waals surface area contributed by atoms with Crippen molar-refractivity contribution in [1.29, 1.82) is 0 Å². The number of hydrogen-bond acceptors (Lipinski definition) is 5. The van der Waals surface area contributed by atoms with Crippen LogP contribution >= 0.6 is 0 Å². The van der Waals surface area contributed by atoms with E-state index in [4.69, 9.17) is 0 Å². The van der Waals surface area contributed by atoms with Gasteiger partial charge >= 0.3 is 0 Å². The summed E-state index contributed by atoms with van der Waals surface area (Å²) in [6.45, 7) is 7.49. The van der Waals surface area contributed by atoms with Crippen molar-refractivity contribution in [2.24, 2.45) is 0 Å². The Morgan fingerprint density at radius 1 is 1.32 bits per heavy atom. The number of anilines is 1. The molecular formula is C14H24N4O. The molecule has 106 valence electrons. The molecule has 1 unspecified atom stereocenters. The van der Waals surface area contributed by atoms with Crippen molar-refractivity contribution in [3.8, 4) is 0 Å². The van der Waals surface area contributed by atoms with E-state index in [1.165, 1.54) is 0 Å². The minimum absolute atomic E-state index is 0.542. The Labute approximate surface area is 115 Å². The molecule has 0 saturated carbocycles. The maximum atomic E-state index is 10.1. The molecule has 5 heteroatoms. The molecule has 0 spiro atoms. The molecule has 1 aromatic rings. The minimum atomic E-state index is -0.542. The van der Waals surface area contributed by atoms with Gasteiger partial charge in [0.1, 0.15) is 0 Å². The average molecular weight is 264 g/mol. The Morgan fingerprint density at radius 2 is 2.05 bits per heavy atom. The van der Waals surface area contributed by atoms with Crippen LogP contribution in [-0.2, 0) is 6.54 Å². The molecule has 1 aliphatic rings. The minimum Gasteiger partial charge on any atom is -0.390 e. The van der Waals surface area contributed by atoms with E-state index in [0.717, 1.165) is 57.0 Å². The molecule has 1 aromatic heterocycles. The third kappa shape index (κ3) is 4.14. The van der Waals surface area contributed by atoms with Gasteiger partial charge in [0.05, 0.1) is 5.60 Å². The molecule has 2 heterocycles. The van der Waals surface area contributed by atoms with Crippen LogP contribution in [0.1, 0.15) is 38.7 Å². The third-order valence-electron chi connectivity index (χ3n) is 3.62. The molecule has 0 aromatic carbocycles.